The van der Waals surface area contributed by atoms with Crippen LogP contribution in [0, 0.1) is 5.92 Å². The summed E-state index contributed by atoms with van der Waals surface area (Å²) < 4.78 is 5.72. The summed E-state index contributed by atoms with van der Waals surface area (Å²) in [4.78, 5) is 10.6. The maximum absolute atomic E-state index is 5.72. The van der Waals surface area contributed by atoms with E-state index in [1.807, 2.05) is 18.4 Å². The zero-order valence-electron chi connectivity index (χ0n) is 15.0. The predicted molar refractivity (Wildman–Crippen MR) is 101 cm³/mol. The number of aliphatic imine (C=N–C) groups is 1. The van der Waals surface area contributed by atoms with E-state index >= 15 is 0 Å². The first-order valence-electron chi connectivity index (χ1n) is 9.03. The standard InChI is InChI=1S/C18H30N4OS/c1-19-18(21(2)10-11-23-14-15-3-4-15)20-7-9-22-8-5-17-16(13-22)6-12-24-17/h6,12,15H,3-5,7-11,13-14H2,1-2H3,(H,19,20). The molecular formula is C18H30N4OS. The molecule has 2 heterocycles. The Morgan fingerprint density at radius 3 is 3.17 bits per heavy atom. The predicted octanol–water partition coefficient (Wildman–Crippen LogP) is 2.04. The number of hydrogen-bond donors (Lipinski definition) is 1. The van der Waals surface area contributed by atoms with Crippen LogP contribution in [0.25, 0.3) is 0 Å². The number of rotatable bonds is 8. The lowest BCUT2D eigenvalue weighted by molar-refractivity contribution is 0.115. The van der Waals surface area contributed by atoms with Gasteiger partial charge in [0.15, 0.2) is 5.96 Å². The summed E-state index contributed by atoms with van der Waals surface area (Å²) in [6.45, 7) is 6.83. The fourth-order valence-corrected chi connectivity index (χ4v) is 3.94. The highest BCUT2D eigenvalue weighted by Crippen LogP contribution is 2.28. The summed E-state index contributed by atoms with van der Waals surface area (Å²) in [5.74, 6) is 1.79. The molecule has 0 radical (unpaired) electrons. The van der Waals surface area contributed by atoms with Crippen LogP contribution in [-0.4, -0.2) is 69.2 Å². The lowest BCUT2D eigenvalue weighted by Crippen LogP contribution is -2.44. The molecule has 1 aliphatic carbocycles. The van der Waals surface area contributed by atoms with Crippen LogP contribution in [0.4, 0.5) is 0 Å². The number of nitrogens with zero attached hydrogens (tertiary/aromatic N) is 3. The fourth-order valence-electron chi connectivity index (χ4n) is 3.05. The minimum absolute atomic E-state index is 0.779. The first-order chi connectivity index (χ1) is 11.8. The van der Waals surface area contributed by atoms with E-state index in [9.17, 15) is 0 Å². The van der Waals surface area contributed by atoms with E-state index in [0.717, 1.165) is 51.3 Å². The summed E-state index contributed by atoms with van der Waals surface area (Å²) in [5, 5.41) is 5.69. The summed E-state index contributed by atoms with van der Waals surface area (Å²) in [6.07, 6.45) is 3.89. The van der Waals surface area contributed by atoms with Gasteiger partial charge in [0.25, 0.3) is 0 Å². The van der Waals surface area contributed by atoms with Gasteiger partial charge >= 0.3 is 0 Å². The Morgan fingerprint density at radius 1 is 1.50 bits per heavy atom. The summed E-state index contributed by atoms with van der Waals surface area (Å²) in [7, 11) is 3.93. The van der Waals surface area contributed by atoms with Gasteiger partial charge in [-0.25, -0.2) is 0 Å². The van der Waals surface area contributed by atoms with Gasteiger partial charge in [-0.05, 0) is 42.2 Å². The monoisotopic (exact) mass is 350 g/mol. The van der Waals surface area contributed by atoms with E-state index in [0.29, 0.717) is 0 Å². The molecule has 0 unspecified atom stereocenters. The SMILES string of the molecule is CN=C(NCCN1CCc2sccc2C1)N(C)CCOCC1CC1. The molecule has 134 valence electrons. The largest absolute Gasteiger partial charge is 0.379 e. The van der Waals surface area contributed by atoms with Crippen LogP contribution in [0.15, 0.2) is 16.4 Å². The van der Waals surface area contributed by atoms with E-state index < -0.39 is 0 Å². The van der Waals surface area contributed by atoms with E-state index in [4.69, 9.17) is 4.74 Å². The molecule has 6 heteroatoms. The topological polar surface area (TPSA) is 40.1 Å². The highest BCUT2D eigenvalue weighted by atomic mass is 32.1. The van der Waals surface area contributed by atoms with Crippen molar-refractivity contribution in [2.24, 2.45) is 10.9 Å². The van der Waals surface area contributed by atoms with Crippen LogP contribution in [0.1, 0.15) is 23.3 Å². The summed E-state index contributed by atoms with van der Waals surface area (Å²) in [5.41, 5.74) is 1.51. The van der Waals surface area contributed by atoms with Crippen molar-refractivity contribution in [1.29, 1.82) is 0 Å². The fraction of sp³-hybridized carbons (Fsp3) is 0.722. The van der Waals surface area contributed by atoms with Crippen LogP contribution in [0.5, 0.6) is 0 Å². The molecule has 1 aromatic heterocycles. The quantitative estimate of drug-likeness (QED) is 0.442. The van der Waals surface area contributed by atoms with Gasteiger partial charge < -0.3 is 15.0 Å². The van der Waals surface area contributed by atoms with E-state index in [1.54, 1.807) is 4.88 Å². The van der Waals surface area contributed by atoms with Crippen molar-refractivity contribution in [2.45, 2.75) is 25.8 Å². The number of hydrogen-bond acceptors (Lipinski definition) is 4. The Kier molecular flexibility index (Phi) is 6.51. The first-order valence-corrected chi connectivity index (χ1v) is 9.91. The Bertz CT molecular complexity index is 541. The second kappa shape index (κ2) is 8.83. The van der Waals surface area contributed by atoms with Gasteiger partial charge in [0, 0.05) is 58.3 Å². The van der Waals surface area contributed by atoms with Gasteiger partial charge in [-0.1, -0.05) is 0 Å². The number of likely N-dealkylation sites (N-methyl/N-ethyl adjacent to an activating group) is 1. The van der Waals surface area contributed by atoms with Crippen LogP contribution >= 0.6 is 11.3 Å². The van der Waals surface area contributed by atoms with Crippen molar-refractivity contribution in [3.05, 3.63) is 21.9 Å². The average molecular weight is 351 g/mol. The maximum Gasteiger partial charge on any atom is 0.193 e. The van der Waals surface area contributed by atoms with Crippen molar-refractivity contribution in [1.82, 2.24) is 15.1 Å². The molecule has 3 rings (SSSR count). The number of thiophene rings is 1. The molecule has 0 atom stereocenters. The van der Waals surface area contributed by atoms with Crippen molar-refractivity contribution in [3.63, 3.8) is 0 Å². The van der Waals surface area contributed by atoms with Crippen LogP contribution in [-0.2, 0) is 17.7 Å². The molecule has 0 spiro atoms. The van der Waals surface area contributed by atoms with Gasteiger partial charge in [-0.15, -0.1) is 11.3 Å². The molecule has 1 saturated carbocycles. The molecule has 1 N–H and O–H groups in total. The maximum atomic E-state index is 5.72. The van der Waals surface area contributed by atoms with Crippen molar-refractivity contribution < 1.29 is 4.74 Å². The highest BCUT2D eigenvalue weighted by molar-refractivity contribution is 7.10. The van der Waals surface area contributed by atoms with Gasteiger partial charge in [0.1, 0.15) is 0 Å². The van der Waals surface area contributed by atoms with Crippen molar-refractivity contribution in [3.8, 4) is 0 Å². The number of fused-ring (bicyclic) bond motifs is 1. The van der Waals surface area contributed by atoms with Crippen molar-refractivity contribution >= 4 is 17.3 Å². The Balaban J connectivity index is 1.32. The normalized spacial score (nSPS) is 18.5. The third-order valence-corrected chi connectivity index (χ3v) is 5.82. The van der Waals surface area contributed by atoms with E-state index in [1.165, 1.54) is 31.4 Å². The minimum Gasteiger partial charge on any atom is -0.379 e. The number of ether oxygens (including phenoxy) is 1. The second-order valence-corrected chi connectivity index (χ2v) is 7.81. The molecule has 1 aliphatic heterocycles. The molecule has 0 saturated heterocycles. The molecule has 2 aliphatic rings. The molecule has 0 amide bonds. The first kappa shape index (κ1) is 17.7. The summed E-state index contributed by atoms with van der Waals surface area (Å²) in [6, 6.07) is 2.27. The smallest absolute Gasteiger partial charge is 0.193 e. The Hall–Kier alpha value is -1.11. The Morgan fingerprint density at radius 2 is 2.38 bits per heavy atom. The minimum atomic E-state index is 0.779. The second-order valence-electron chi connectivity index (χ2n) is 6.81. The zero-order valence-corrected chi connectivity index (χ0v) is 15.8. The van der Waals surface area contributed by atoms with Crippen LogP contribution in [0.2, 0.25) is 0 Å². The molecule has 0 bridgehead atoms. The lowest BCUT2D eigenvalue weighted by Gasteiger charge is -2.28. The molecule has 5 nitrogen and oxygen atoms in total. The third kappa shape index (κ3) is 5.19. The van der Waals surface area contributed by atoms with Gasteiger partial charge in [-0.3, -0.25) is 9.89 Å². The van der Waals surface area contributed by atoms with E-state index in [-0.39, 0.29) is 0 Å². The third-order valence-electron chi connectivity index (χ3n) is 4.79. The molecular weight excluding hydrogens is 320 g/mol. The van der Waals surface area contributed by atoms with Gasteiger partial charge in [0.2, 0.25) is 0 Å². The van der Waals surface area contributed by atoms with E-state index in [2.05, 4.69) is 38.6 Å². The van der Waals surface area contributed by atoms with Gasteiger partial charge in [0.05, 0.1) is 6.61 Å². The van der Waals surface area contributed by atoms with Gasteiger partial charge in [-0.2, -0.15) is 0 Å². The lowest BCUT2D eigenvalue weighted by atomic mass is 10.1. The highest BCUT2D eigenvalue weighted by Gasteiger charge is 2.21. The molecule has 24 heavy (non-hydrogen) atoms. The van der Waals surface area contributed by atoms with Crippen LogP contribution < -0.4 is 5.32 Å². The van der Waals surface area contributed by atoms with Crippen molar-refractivity contribution in [2.75, 3.05) is 53.5 Å². The number of nitrogens with one attached hydrogen (secondary N) is 1. The average Bonchev–Trinajstić information content (AvgIpc) is 3.30. The molecule has 1 fully saturated rings. The summed E-state index contributed by atoms with van der Waals surface area (Å²) >= 11 is 1.90. The number of guanidine groups is 1. The molecule has 1 aromatic rings. The Labute approximate surface area is 149 Å². The zero-order chi connectivity index (χ0) is 16.8. The van der Waals surface area contributed by atoms with Crippen LogP contribution in [0.3, 0.4) is 0 Å². The molecule has 0 aromatic carbocycles.